The number of nitrogens with one attached hydrogen (secondary N) is 2. The van der Waals surface area contributed by atoms with E-state index in [-0.39, 0.29) is 23.6 Å². The Morgan fingerprint density at radius 2 is 1.85 bits per heavy atom. The Balaban J connectivity index is 1.66. The van der Waals surface area contributed by atoms with Crippen molar-refractivity contribution in [1.29, 1.82) is 0 Å². The van der Waals surface area contributed by atoms with E-state index in [2.05, 4.69) is 43.4 Å². The summed E-state index contributed by atoms with van der Waals surface area (Å²) >= 11 is 9.71. The van der Waals surface area contributed by atoms with E-state index in [9.17, 15) is 9.59 Å². The van der Waals surface area contributed by atoms with Crippen LogP contribution in [0.25, 0.3) is 0 Å². The zero-order valence-corrected chi connectivity index (χ0v) is 22.5. The van der Waals surface area contributed by atoms with Crippen molar-refractivity contribution in [2.45, 2.75) is 45.4 Å². The number of aromatic nitrogens is 3. The molecule has 7 nitrogen and oxygen atoms in total. The van der Waals surface area contributed by atoms with E-state index in [0.29, 0.717) is 28.1 Å². The molecule has 0 aliphatic rings. The van der Waals surface area contributed by atoms with Gasteiger partial charge in [-0.2, -0.15) is 0 Å². The smallest absolute Gasteiger partial charge is 0.253 e. The average molecular weight is 598 g/mol. The first-order valence-corrected chi connectivity index (χ1v) is 12.8. The first kappa shape index (κ1) is 25.5. The number of benzene rings is 2. The highest BCUT2D eigenvalue weighted by atomic mass is 127. The van der Waals surface area contributed by atoms with Crippen LogP contribution in [0.4, 0.5) is 5.69 Å². The van der Waals surface area contributed by atoms with Gasteiger partial charge >= 0.3 is 0 Å². The molecule has 2 aromatic carbocycles. The van der Waals surface area contributed by atoms with Crippen molar-refractivity contribution < 1.29 is 9.59 Å². The lowest BCUT2D eigenvalue weighted by atomic mass is 10.1. The number of rotatable bonds is 8. The van der Waals surface area contributed by atoms with Crippen molar-refractivity contribution in [3.8, 4) is 0 Å². The van der Waals surface area contributed by atoms with Gasteiger partial charge in [0.1, 0.15) is 0 Å². The van der Waals surface area contributed by atoms with Gasteiger partial charge in [0.2, 0.25) is 5.91 Å². The molecule has 0 saturated heterocycles. The SMILES string of the molecule is CCn1c(SCC(=O)Nc2c(C)cc(I)cc2C)nnc1[C@H](C)NC(=O)c1ccccc1Cl. The molecule has 0 radical (unpaired) electrons. The molecule has 0 aliphatic heterocycles. The topological polar surface area (TPSA) is 88.9 Å². The first-order chi connectivity index (χ1) is 15.7. The van der Waals surface area contributed by atoms with Crippen LogP contribution in [0.3, 0.4) is 0 Å². The molecule has 0 spiro atoms. The summed E-state index contributed by atoms with van der Waals surface area (Å²) in [4.78, 5) is 25.2. The van der Waals surface area contributed by atoms with Crippen LogP contribution in [0.5, 0.6) is 0 Å². The van der Waals surface area contributed by atoms with E-state index in [0.717, 1.165) is 20.4 Å². The van der Waals surface area contributed by atoms with Gasteiger partial charge in [0, 0.05) is 15.8 Å². The number of hydrogen-bond donors (Lipinski definition) is 2. The minimum Gasteiger partial charge on any atom is -0.342 e. The van der Waals surface area contributed by atoms with Crippen molar-refractivity contribution in [1.82, 2.24) is 20.1 Å². The van der Waals surface area contributed by atoms with Crippen LogP contribution in [-0.4, -0.2) is 32.3 Å². The van der Waals surface area contributed by atoms with Gasteiger partial charge in [-0.25, -0.2) is 0 Å². The van der Waals surface area contributed by atoms with Crippen LogP contribution in [0.2, 0.25) is 5.02 Å². The van der Waals surface area contributed by atoms with Crippen molar-refractivity contribution >= 4 is 63.5 Å². The monoisotopic (exact) mass is 597 g/mol. The Bertz CT molecular complexity index is 1160. The largest absolute Gasteiger partial charge is 0.342 e. The summed E-state index contributed by atoms with van der Waals surface area (Å²) in [6.07, 6.45) is 0. The molecular formula is C23H25ClIN5O2S. The molecule has 2 N–H and O–H groups in total. The number of hydrogen-bond acceptors (Lipinski definition) is 5. The van der Waals surface area contributed by atoms with Gasteiger partial charge in [-0.3, -0.25) is 9.59 Å². The minimum atomic E-state index is -0.388. The molecule has 0 fully saturated rings. The van der Waals surface area contributed by atoms with E-state index >= 15 is 0 Å². The number of halogens is 2. The maximum atomic E-state index is 12.6. The quantitative estimate of drug-likeness (QED) is 0.268. The van der Waals surface area contributed by atoms with Crippen molar-refractivity contribution in [2.24, 2.45) is 0 Å². The van der Waals surface area contributed by atoms with Crippen LogP contribution in [0, 0.1) is 17.4 Å². The fourth-order valence-electron chi connectivity index (χ4n) is 3.42. The molecule has 2 amide bonds. The van der Waals surface area contributed by atoms with E-state index in [1.165, 1.54) is 11.8 Å². The second-order valence-corrected chi connectivity index (χ2v) is 10.1. The number of carbonyl (C=O) groups excluding carboxylic acids is 2. The third kappa shape index (κ3) is 6.27. The normalized spacial score (nSPS) is 11.8. The van der Waals surface area contributed by atoms with E-state index in [4.69, 9.17) is 11.6 Å². The Morgan fingerprint density at radius 1 is 1.18 bits per heavy atom. The molecule has 1 heterocycles. The van der Waals surface area contributed by atoms with Gasteiger partial charge in [0.05, 0.1) is 22.4 Å². The van der Waals surface area contributed by atoms with E-state index < -0.39 is 0 Å². The summed E-state index contributed by atoms with van der Waals surface area (Å²) in [6, 6.07) is 10.6. The van der Waals surface area contributed by atoms with Gasteiger partial charge in [-0.1, -0.05) is 35.5 Å². The zero-order valence-electron chi connectivity index (χ0n) is 18.8. The molecule has 3 rings (SSSR count). The van der Waals surface area contributed by atoms with Crippen LogP contribution >= 0.6 is 46.0 Å². The van der Waals surface area contributed by atoms with Gasteiger partial charge < -0.3 is 15.2 Å². The number of amides is 2. The molecule has 0 saturated carbocycles. The Hall–Kier alpha value is -2.11. The second-order valence-electron chi connectivity index (χ2n) is 7.51. The lowest BCUT2D eigenvalue weighted by Crippen LogP contribution is -2.29. The highest BCUT2D eigenvalue weighted by molar-refractivity contribution is 14.1. The molecule has 1 atom stereocenters. The number of thioether (sulfide) groups is 1. The predicted octanol–water partition coefficient (Wildman–Crippen LogP) is 5.39. The maximum Gasteiger partial charge on any atom is 0.253 e. The Kier molecular flexibility index (Phi) is 8.77. The average Bonchev–Trinajstić information content (AvgIpc) is 3.18. The zero-order chi connectivity index (χ0) is 24.1. The van der Waals surface area contributed by atoms with Gasteiger partial charge in [0.25, 0.3) is 5.91 Å². The maximum absolute atomic E-state index is 12.6. The van der Waals surface area contributed by atoms with Crippen LogP contribution in [0.15, 0.2) is 41.6 Å². The molecular weight excluding hydrogens is 573 g/mol. The van der Waals surface area contributed by atoms with Crippen LogP contribution in [-0.2, 0) is 11.3 Å². The first-order valence-electron chi connectivity index (χ1n) is 10.4. The van der Waals surface area contributed by atoms with Gasteiger partial charge in [-0.05, 0) is 85.7 Å². The predicted molar refractivity (Wildman–Crippen MR) is 141 cm³/mol. The van der Waals surface area contributed by atoms with Crippen molar-refractivity contribution in [3.05, 3.63) is 67.5 Å². The molecule has 174 valence electrons. The highest BCUT2D eigenvalue weighted by Gasteiger charge is 2.21. The molecule has 10 heteroatoms. The van der Waals surface area contributed by atoms with Crippen LogP contribution in [0.1, 0.15) is 47.2 Å². The summed E-state index contributed by atoms with van der Waals surface area (Å²) in [5.41, 5.74) is 3.30. The lowest BCUT2D eigenvalue weighted by molar-refractivity contribution is -0.113. The molecule has 33 heavy (non-hydrogen) atoms. The van der Waals surface area contributed by atoms with Crippen molar-refractivity contribution in [3.63, 3.8) is 0 Å². The van der Waals surface area contributed by atoms with Gasteiger partial charge in [-0.15, -0.1) is 10.2 Å². The Morgan fingerprint density at radius 3 is 2.48 bits per heavy atom. The molecule has 0 aliphatic carbocycles. The molecule has 0 unspecified atom stereocenters. The highest BCUT2D eigenvalue weighted by Crippen LogP contribution is 2.25. The van der Waals surface area contributed by atoms with Gasteiger partial charge in [0.15, 0.2) is 11.0 Å². The number of aryl methyl sites for hydroxylation is 2. The van der Waals surface area contributed by atoms with E-state index in [1.54, 1.807) is 24.3 Å². The fourth-order valence-corrected chi connectivity index (χ4v) is 5.39. The third-order valence-electron chi connectivity index (χ3n) is 5.01. The summed E-state index contributed by atoms with van der Waals surface area (Å²) < 4.78 is 3.03. The fraction of sp³-hybridized carbons (Fsp3) is 0.304. The van der Waals surface area contributed by atoms with E-state index in [1.807, 2.05) is 44.4 Å². The summed E-state index contributed by atoms with van der Waals surface area (Å²) in [7, 11) is 0. The molecule has 0 bridgehead atoms. The minimum absolute atomic E-state index is 0.111. The third-order valence-corrected chi connectivity index (χ3v) is 6.93. The number of carbonyl (C=O) groups is 2. The molecule has 3 aromatic rings. The lowest BCUT2D eigenvalue weighted by Gasteiger charge is -2.16. The number of nitrogens with zero attached hydrogens (tertiary/aromatic N) is 3. The summed E-state index contributed by atoms with van der Waals surface area (Å²) in [5, 5.41) is 15.5. The Labute approximate surface area is 216 Å². The second kappa shape index (κ2) is 11.3. The summed E-state index contributed by atoms with van der Waals surface area (Å²) in [6.45, 7) is 8.38. The van der Waals surface area contributed by atoms with Crippen LogP contribution < -0.4 is 10.6 Å². The molecule has 1 aromatic heterocycles. The number of anilines is 1. The summed E-state index contributed by atoms with van der Waals surface area (Å²) in [5.74, 6) is 0.420. The van der Waals surface area contributed by atoms with Crippen molar-refractivity contribution in [2.75, 3.05) is 11.1 Å². The standard InChI is InChI=1S/C23H25ClIN5O2S/c1-5-30-21(15(4)26-22(32)17-8-6-7-9-18(17)24)28-29-23(30)33-12-19(31)27-20-13(2)10-16(25)11-14(20)3/h6-11,15H,5,12H2,1-4H3,(H,26,32)(H,27,31)/t15-/m0/s1.